The number of rotatable bonds is 8. The third-order valence-electron chi connectivity index (χ3n) is 5.15. The van der Waals surface area contributed by atoms with Gasteiger partial charge < -0.3 is 23.8 Å². The van der Waals surface area contributed by atoms with Crippen LogP contribution in [0.4, 0.5) is 5.69 Å². The van der Waals surface area contributed by atoms with Crippen LogP contribution in [-0.2, 0) is 9.53 Å². The second kappa shape index (κ2) is 11.7. The highest BCUT2D eigenvalue weighted by Gasteiger charge is 2.17. The van der Waals surface area contributed by atoms with Crippen molar-refractivity contribution in [1.29, 1.82) is 0 Å². The summed E-state index contributed by atoms with van der Waals surface area (Å²) in [6, 6.07) is 20.6. The summed E-state index contributed by atoms with van der Waals surface area (Å²) in [5.74, 6) is 2.72. The van der Waals surface area contributed by atoms with Crippen LogP contribution >= 0.6 is 15.9 Å². The van der Waals surface area contributed by atoms with E-state index in [0.29, 0.717) is 43.6 Å². The Morgan fingerprint density at radius 2 is 1.79 bits per heavy atom. The Hall–Kier alpha value is -3.36. The quantitative estimate of drug-likeness (QED) is 0.377. The number of ether oxygens (including phenoxy) is 4. The van der Waals surface area contributed by atoms with Crippen molar-refractivity contribution in [2.75, 3.05) is 40.0 Å². The van der Waals surface area contributed by atoms with Gasteiger partial charge in [-0.25, -0.2) is 0 Å². The van der Waals surface area contributed by atoms with Gasteiger partial charge in [-0.1, -0.05) is 6.07 Å². The second-order valence-corrected chi connectivity index (χ2v) is 8.36. The molecule has 1 amide bonds. The van der Waals surface area contributed by atoms with Crippen LogP contribution in [0.2, 0.25) is 0 Å². The molecule has 0 N–H and O–H groups in total. The SMILES string of the molecule is COc1cccc(Oc2ccc(N=Cc3ccc(OCC(=O)N4CCOCC4)c(Br)c3)cc2)c1. The van der Waals surface area contributed by atoms with Crippen LogP contribution in [0, 0.1) is 0 Å². The number of methoxy groups -OCH3 is 1. The van der Waals surface area contributed by atoms with Gasteiger partial charge in [0.05, 0.1) is 30.5 Å². The number of morpholine rings is 1. The Bertz CT molecular complexity index is 1140. The fourth-order valence-corrected chi connectivity index (χ4v) is 3.82. The summed E-state index contributed by atoms with van der Waals surface area (Å²) < 4.78 is 22.8. The van der Waals surface area contributed by atoms with Crippen LogP contribution in [-0.4, -0.2) is 57.0 Å². The number of aliphatic imine (C=N–C) groups is 1. The summed E-state index contributed by atoms with van der Waals surface area (Å²) in [6.45, 7) is 2.35. The molecule has 3 aromatic carbocycles. The number of nitrogens with zero attached hydrogens (tertiary/aromatic N) is 2. The molecule has 1 fully saturated rings. The monoisotopic (exact) mass is 524 g/mol. The van der Waals surface area contributed by atoms with Gasteiger partial charge in [-0.05, 0) is 76.1 Å². The molecule has 0 aromatic heterocycles. The van der Waals surface area contributed by atoms with E-state index in [4.69, 9.17) is 18.9 Å². The molecule has 7 nitrogen and oxygen atoms in total. The molecule has 1 aliphatic rings. The molecule has 1 aliphatic heterocycles. The van der Waals surface area contributed by atoms with Crippen LogP contribution < -0.4 is 14.2 Å². The summed E-state index contributed by atoms with van der Waals surface area (Å²) in [5, 5.41) is 0. The molecule has 0 unspecified atom stereocenters. The van der Waals surface area contributed by atoms with E-state index in [2.05, 4.69) is 20.9 Å². The fourth-order valence-electron chi connectivity index (χ4n) is 3.31. The molecule has 4 rings (SSSR count). The van der Waals surface area contributed by atoms with Gasteiger partial charge in [0.15, 0.2) is 6.61 Å². The van der Waals surface area contributed by atoms with Crippen LogP contribution in [0.15, 0.2) is 76.2 Å². The Kier molecular flexibility index (Phi) is 8.17. The molecule has 0 spiro atoms. The lowest BCUT2D eigenvalue weighted by molar-refractivity contribution is -0.137. The molecular weight excluding hydrogens is 500 g/mol. The maximum Gasteiger partial charge on any atom is 0.260 e. The molecular formula is C26H25BrN2O5. The molecule has 0 aliphatic carbocycles. The minimum absolute atomic E-state index is 0.00375. The highest BCUT2D eigenvalue weighted by atomic mass is 79.9. The van der Waals surface area contributed by atoms with Crippen molar-refractivity contribution in [2.24, 2.45) is 4.99 Å². The van der Waals surface area contributed by atoms with Gasteiger partial charge in [0, 0.05) is 25.4 Å². The molecule has 34 heavy (non-hydrogen) atoms. The highest BCUT2D eigenvalue weighted by molar-refractivity contribution is 9.10. The van der Waals surface area contributed by atoms with E-state index in [-0.39, 0.29) is 12.5 Å². The molecule has 0 atom stereocenters. The lowest BCUT2D eigenvalue weighted by atomic mass is 10.2. The third kappa shape index (κ3) is 6.59. The smallest absolute Gasteiger partial charge is 0.260 e. The zero-order valence-corrected chi connectivity index (χ0v) is 20.4. The van der Waals surface area contributed by atoms with Gasteiger partial charge in [0.25, 0.3) is 5.91 Å². The van der Waals surface area contributed by atoms with Gasteiger partial charge in [0.2, 0.25) is 0 Å². The van der Waals surface area contributed by atoms with Crippen molar-refractivity contribution < 1.29 is 23.7 Å². The van der Waals surface area contributed by atoms with Crippen molar-refractivity contribution >= 4 is 33.7 Å². The molecule has 3 aromatic rings. The summed E-state index contributed by atoms with van der Waals surface area (Å²) in [7, 11) is 1.62. The van der Waals surface area contributed by atoms with E-state index in [1.54, 1.807) is 18.2 Å². The summed E-state index contributed by atoms with van der Waals surface area (Å²) in [5.41, 5.74) is 1.70. The number of halogens is 1. The fraction of sp³-hybridized carbons (Fsp3) is 0.231. The Morgan fingerprint density at radius 3 is 2.53 bits per heavy atom. The number of hydrogen-bond acceptors (Lipinski definition) is 6. The van der Waals surface area contributed by atoms with Gasteiger partial charge >= 0.3 is 0 Å². The Morgan fingerprint density at radius 1 is 1.03 bits per heavy atom. The van der Waals surface area contributed by atoms with Crippen LogP contribution in [0.3, 0.4) is 0 Å². The van der Waals surface area contributed by atoms with E-state index in [1.807, 2.05) is 66.7 Å². The number of hydrogen-bond donors (Lipinski definition) is 0. The first-order valence-electron chi connectivity index (χ1n) is 10.8. The minimum atomic E-state index is -0.0420. The number of carbonyl (C=O) groups is 1. The van der Waals surface area contributed by atoms with Gasteiger partial charge in [-0.2, -0.15) is 0 Å². The largest absolute Gasteiger partial charge is 0.497 e. The van der Waals surface area contributed by atoms with Crippen molar-refractivity contribution in [3.63, 3.8) is 0 Å². The molecule has 1 saturated heterocycles. The van der Waals surface area contributed by atoms with Crippen LogP contribution in [0.1, 0.15) is 5.56 Å². The van der Waals surface area contributed by atoms with Crippen molar-refractivity contribution in [3.8, 4) is 23.0 Å². The van der Waals surface area contributed by atoms with E-state index in [1.165, 1.54) is 0 Å². The number of amides is 1. The highest BCUT2D eigenvalue weighted by Crippen LogP contribution is 2.28. The van der Waals surface area contributed by atoms with Crippen LogP contribution in [0.5, 0.6) is 23.0 Å². The molecule has 8 heteroatoms. The van der Waals surface area contributed by atoms with E-state index in [0.717, 1.165) is 21.5 Å². The van der Waals surface area contributed by atoms with E-state index >= 15 is 0 Å². The number of benzene rings is 3. The normalized spacial score (nSPS) is 13.6. The van der Waals surface area contributed by atoms with Crippen molar-refractivity contribution in [3.05, 3.63) is 76.8 Å². The first-order valence-corrected chi connectivity index (χ1v) is 11.6. The van der Waals surface area contributed by atoms with Gasteiger partial charge in [0.1, 0.15) is 23.0 Å². The van der Waals surface area contributed by atoms with E-state index < -0.39 is 0 Å². The maximum atomic E-state index is 12.3. The lowest BCUT2D eigenvalue weighted by Crippen LogP contribution is -2.43. The second-order valence-electron chi connectivity index (χ2n) is 7.50. The minimum Gasteiger partial charge on any atom is -0.497 e. The molecule has 0 radical (unpaired) electrons. The van der Waals surface area contributed by atoms with Crippen LogP contribution in [0.25, 0.3) is 0 Å². The van der Waals surface area contributed by atoms with E-state index in [9.17, 15) is 4.79 Å². The summed E-state index contributed by atoms with van der Waals surface area (Å²) in [4.78, 5) is 18.5. The van der Waals surface area contributed by atoms with Crippen molar-refractivity contribution in [1.82, 2.24) is 4.90 Å². The zero-order chi connectivity index (χ0) is 23.8. The molecule has 1 heterocycles. The Labute approximate surface area is 207 Å². The first-order chi connectivity index (χ1) is 16.6. The standard InChI is InChI=1S/C26H25BrN2O5/c1-31-22-3-2-4-23(16-22)34-21-8-6-20(7-9-21)28-17-19-5-10-25(24(27)15-19)33-18-26(30)29-11-13-32-14-12-29/h2-10,15-17H,11-14,18H2,1H3. The first kappa shape index (κ1) is 23.8. The average molecular weight is 525 g/mol. The molecule has 176 valence electrons. The lowest BCUT2D eigenvalue weighted by Gasteiger charge is -2.26. The topological polar surface area (TPSA) is 69.6 Å². The van der Waals surface area contributed by atoms with Gasteiger partial charge in [-0.3, -0.25) is 9.79 Å². The third-order valence-corrected chi connectivity index (χ3v) is 5.77. The van der Waals surface area contributed by atoms with Gasteiger partial charge in [-0.15, -0.1) is 0 Å². The molecule has 0 bridgehead atoms. The predicted molar refractivity (Wildman–Crippen MR) is 134 cm³/mol. The summed E-state index contributed by atoms with van der Waals surface area (Å²) in [6.07, 6.45) is 1.77. The average Bonchev–Trinajstić information content (AvgIpc) is 2.88. The maximum absolute atomic E-state index is 12.3. The molecule has 0 saturated carbocycles. The zero-order valence-electron chi connectivity index (χ0n) is 18.8. The Balaban J connectivity index is 1.32. The predicted octanol–water partition coefficient (Wildman–Crippen LogP) is 5.24. The number of carbonyl (C=O) groups excluding carboxylic acids is 1. The summed E-state index contributed by atoms with van der Waals surface area (Å²) >= 11 is 3.51. The van der Waals surface area contributed by atoms with Crippen molar-refractivity contribution in [2.45, 2.75) is 0 Å².